The van der Waals surface area contributed by atoms with E-state index in [0.717, 1.165) is 11.1 Å². The Balaban J connectivity index is 1.90. The zero-order chi connectivity index (χ0) is 18.4. The van der Waals surface area contributed by atoms with Gasteiger partial charge in [0.15, 0.2) is 6.10 Å². The Hall–Kier alpha value is -3.15. The van der Waals surface area contributed by atoms with Gasteiger partial charge in [-0.05, 0) is 44.5 Å². The highest BCUT2D eigenvalue weighted by Gasteiger charge is 2.20. The van der Waals surface area contributed by atoms with Crippen molar-refractivity contribution in [2.24, 2.45) is 0 Å². The maximum absolute atomic E-state index is 12.2. The molecule has 0 aromatic heterocycles. The molecule has 6 heteroatoms. The molecule has 0 unspecified atom stereocenters. The van der Waals surface area contributed by atoms with Gasteiger partial charge in [0, 0.05) is 5.56 Å². The second-order valence-electron chi connectivity index (χ2n) is 5.68. The van der Waals surface area contributed by atoms with E-state index < -0.39 is 23.9 Å². The number of benzene rings is 2. The second-order valence-corrected chi connectivity index (χ2v) is 5.68. The summed E-state index contributed by atoms with van der Waals surface area (Å²) in [5.41, 5.74) is 7.03. The maximum Gasteiger partial charge on any atom is 0.339 e. The molecular formula is C19H20N2O4. The molecule has 0 spiro atoms. The molecule has 0 aliphatic heterocycles. The SMILES string of the molecule is Cc1ccc(C)c(C(=O)O[C@@H](C)C(=O)NNC(=O)c2ccccc2)c1. The van der Waals surface area contributed by atoms with Crippen LogP contribution in [0.25, 0.3) is 0 Å². The van der Waals surface area contributed by atoms with Crippen LogP contribution in [-0.4, -0.2) is 23.9 Å². The largest absolute Gasteiger partial charge is 0.449 e. The minimum absolute atomic E-state index is 0.405. The van der Waals surface area contributed by atoms with Gasteiger partial charge < -0.3 is 4.74 Å². The molecule has 2 aromatic carbocycles. The van der Waals surface area contributed by atoms with E-state index in [-0.39, 0.29) is 0 Å². The lowest BCUT2D eigenvalue weighted by Gasteiger charge is -2.15. The predicted molar refractivity (Wildman–Crippen MR) is 92.8 cm³/mol. The average molecular weight is 340 g/mol. The predicted octanol–water partition coefficient (Wildman–Crippen LogP) is 2.31. The Morgan fingerprint density at radius 1 is 0.960 bits per heavy atom. The zero-order valence-corrected chi connectivity index (χ0v) is 14.3. The van der Waals surface area contributed by atoms with Gasteiger partial charge in [-0.25, -0.2) is 4.79 Å². The van der Waals surface area contributed by atoms with E-state index in [9.17, 15) is 14.4 Å². The van der Waals surface area contributed by atoms with E-state index in [1.54, 1.807) is 43.3 Å². The molecule has 0 radical (unpaired) electrons. The fraction of sp³-hybridized carbons (Fsp3) is 0.211. The summed E-state index contributed by atoms with van der Waals surface area (Å²) in [6, 6.07) is 13.9. The summed E-state index contributed by atoms with van der Waals surface area (Å²) in [5.74, 6) is -1.66. The highest BCUT2D eigenvalue weighted by molar-refractivity contribution is 5.96. The van der Waals surface area contributed by atoms with Crippen LogP contribution in [0.3, 0.4) is 0 Å². The number of amides is 2. The van der Waals surface area contributed by atoms with E-state index in [0.29, 0.717) is 11.1 Å². The third-order valence-corrected chi connectivity index (χ3v) is 3.60. The van der Waals surface area contributed by atoms with Crippen molar-refractivity contribution in [2.45, 2.75) is 26.9 Å². The van der Waals surface area contributed by atoms with Crippen LogP contribution < -0.4 is 10.9 Å². The van der Waals surface area contributed by atoms with Crippen molar-refractivity contribution in [3.8, 4) is 0 Å². The maximum atomic E-state index is 12.2. The highest BCUT2D eigenvalue weighted by atomic mass is 16.5. The molecule has 0 saturated carbocycles. The van der Waals surface area contributed by atoms with Gasteiger partial charge in [-0.2, -0.15) is 0 Å². The third kappa shape index (κ3) is 4.91. The van der Waals surface area contributed by atoms with Gasteiger partial charge in [0.05, 0.1) is 5.56 Å². The quantitative estimate of drug-likeness (QED) is 0.661. The van der Waals surface area contributed by atoms with Crippen molar-refractivity contribution in [1.29, 1.82) is 0 Å². The molecule has 0 bridgehead atoms. The molecule has 1 atom stereocenters. The van der Waals surface area contributed by atoms with Gasteiger partial charge in [0.1, 0.15) is 0 Å². The first kappa shape index (κ1) is 18.2. The van der Waals surface area contributed by atoms with E-state index in [1.807, 2.05) is 19.1 Å². The van der Waals surface area contributed by atoms with Crippen LogP contribution in [-0.2, 0) is 9.53 Å². The summed E-state index contributed by atoms with van der Waals surface area (Å²) in [4.78, 5) is 36.1. The van der Waals surface area contributed by atoms with Crippen LogP contribution in [0.4, 0.5) is 0 Å². The Bertz CT molecular complexity index is 787. The molecule has 2 rings (SSSR count). The van der Waals surface area contributed by atoms with E-state index >= 15 is 0 Å². The standard InChI is InChI=1S/C19H20N2O4/c1-12-9-10-13(2)16(11-12)19(24)25-14(3)17(22)20-21-18(23)15-7-5-4-6-8-15/h4-11,14H,1-3H3,(H,20,22)(H,21,23)/t14-/m0/s1. The van der Waals surface area contributed by atoms with Gasteiger partial charge >= 0.3 is 5.97 Å². The molecular weight excluding hydrogens is 320 g/mol. The van der Waals surface area contributed by atoms with Gasteiger partial charge in [-0.15, -0.1) is 0 Å². The van der Waals surface area contributed by atoms with E-state index in [2.05, 4.69) is 10.9 Å². The first-order valence-corrected chi connectivity index (χ1v) is 7.82. The Labute approximate surface area is 146 Å². The number of ether oxygens (including phenoxy) is 1. The molecule has 0 saturated heterocycles. The number of esters is 1. The van der Waals surface area contributed by atoms with Crippen molar-refractivity contribution in [1.82, 2.24) is 10.9 Å². The number of hydrogen-bond donors (Lipinski definition) is 2. The molecule has 2 N–H and O–H groups in total. The normalized spacial score (nSPS) is 11.3. The summed E-state index contributed by atoms with van der Waals surface area (Å²) in [7, 11) is 0. The van der Waals surface area contributed by atoms with Gasteiger partial charge in [0.25, 0.3) is 11.8 Å². The van der Waals surface area contributed by atoms with Crippen molar-refractivity contribution in [2.75, 3.05) is 0 Å². The van der Waals surface area contributed by atoms with Crippen molar-refractivity contribution < 1.29 is 19.1 Å². The van der Waals surface area contributed by atoms with Gasteiger partial charge in [-0.3, -0.25) is 20.4 Å². The number of carbonyl (C=O) groups excluding carboxylic acids is 3. The minimum Gasteiger partial charge on any atom is -0.449 e. The summed E-state index contributed by atoms with van der Waals surface area (Å²) < 4.78 is 5.17. The first-order valence-electron chi connectivity index (χ1n) is 7.82. The van der Waals surface area contributed by atoms with Crippen LogP contribution >= 0.6 is 0 Å². The molecule has 130 valence electrons. The summed E-state index contributed by atoms with van der Waals surface area (Å²) >= 11 is 0. The molecule has 2 aromatic rings. The lowest BCUT2D eigenvalue weighted by molar-refractivity contribution is -0.129. The van der Waals surface area contributed by atoms with Crippen LogP contribution in [0.15, 0.2) is 48.5 Å². The van der Waals surface area contributed by atoms with Crippen LogP contribution in [0.2, 0.25) is 0 Å². The number of aryl methyl sites for hydroxylation is 2. The van der Waals surface area contributed by atoms with E-state index in [4.69, 9.17) is 4.74 Å². The lowest BCUT2D eigenvalue weighted by atomic mass is 10.1. The molecule has 2 amide bonds. The smallest absolute Gasteiger partial charge is 0.339 e. The highest BCUT2D eigenvalue weighted by Crippen LogP contribution is 2.13. The Morgan fingerprint density at radius 3 is 2.32 bits per heavy atom. The molecule has 0 aliphatic rings. The zero-order valence-electron chi connectivity index (χ0n) is 14.3. The van der Waals surface area contributed by atoms with Crippen molar-refractivity contribution in [3.63, 3.8) is 0 Å². The Morgan fingerprint density at radius 2 is 1.64 bits per heavy atom. The van der Waals surface area contributed by atoms with Crippen molar-refractivity contribution >= 4 is 17.8 Å². The van der Waals surface area contributed by atoms with Gasteiger partial charge in [-0.1, -0.05) is 35.9 Å². The lowest BCUT2D eigenvalue weighted by Crippen LogP contribution is -2.46. The number of rotatable bonds is 4. The first-order chi connectivity index (χ1) is 11.9. The monoisotopic (exact) mass is 340 g/mol. The molecule has 0 heterocycles. The number of hydrazine groups is 1. The fourth-order valence-electron chi connectivity index (χ4n) is 2.12. The number of carbonyl (C=O) groups is 3. The minimum atomic E-state index is -1.05. The molecule has 6 nitrogen and oxygen atoms in total. The third-order valence-electron chi connectivity index (χ3n) is 3.60. The van der Waals surface area contributed by atoms with Crippen molar-refractivity contribution in [3.05, 3.63) is 70.8 Å². The van der Waals surface area contributed by atoms with Gasteiger partial charge in [0.2, 0.25) is 0 Å². The summed E-state index contributed by atoms with van der Waals surface area (Å²) in [6.07, 6.45) is -1.05. The molecule has 25 heavy (non-hydrogen) atoms. The van der Waals surface area contributed by atoms with E-state index in [1.165, 1.54) is 6.92 Å². The average Bonchev–Trinajstić information content (AvgIpc) is 2.61. The fourth-order valence-corrected chi connectivity index (χ4v) is 2.12. The Kier molecular flexibility index (Phi) is 5.89. The van der Waals surface area contributed by atoms with Crippen LogP contribution in [0, 0.1) is 13.8 Å². The molecule has 0 fully saturated rings. The summed E-state index contributed by atoms with van der Waals surface area (Å²) in [5, 5.41) is 0. The molecule has 0 aliphatic carbocycles. The topological polar surface area (TPSA) is 84.5 Å². The number of hydrogen-bond acceptors (Lipinski definition) is 4. The summed E-state index contributed by atoms with van der Waals surface area (Å²) in [6.45, 7) is 5.10. The second kappa shape index (κ2) is 8.10. The van der Waals surface area contributed by atoms with Crippen LogP contribution in [0.5, 0.6) is 0 Å². The van der Waals surface area contributed by atoms with Crippen LogP contribution in [0.1, 0.15) is 38.8 Å². The number of nitrogens with one attached hydrogen (secondary N) is 2.